The lowest BCUT2D eigenvalue weighted by atomic mass is 10.1. The first-order chi connectivity index (χ1) is 11.6. The van der Waals surface area contributed by atoms with Gasteiger partial charge in [-0.05, 0) is 61.6 Å². The van der Waals surface area contributed by atoms with Crippen LogP contribution in [0.4, 0.5) is 6.01 Å². The number of rotatable bonds is 4. The Morgan fingerprint density at radius 1 is 1.08 bits per heavy atom. The van der Waals surface area contributed by atoms with Gasteiger partial charge in [0, 0.05) is 16.0 Å². The first-order valence-corrected chi connectivity index (χ1v) is 8.66. The van der Waals surface area contributed by atoms with Crippen molar-refractivity contribution in [2.75, 3.05) is 11.6 Å². The van der Waals surface area contributed by atoms with Crippen LogP contribution in [0.15, 0.2) is 51.8 Å². The quantitative estimate of drug-likeness (QED) is 0.717. The molecule has 0 fully saturated rings. The molecule has 0 unspecified atom stereocenters. The van der Waals surface area contributed by atoms with Crippen LogP contribution in [0.1, 0.15) is 21.5 Å². The number of nitrogens with zero attached hydrogens (tertiary/aromatic N) is 2. The number of hydrogen-bond acceptors (Lipinski definition) is 5. The highest BCUT2D eigenvalue weighted by molar-refractivity contribution is 7.98. The van der Waals surface area contributed by atoms with Crippen molar-refractivity contribution in [3.05, 3.63) is 59.2 Å². The first kappa shape index (κ1) is 16.3. The molecular formula is C18H17N3O2S. The van der Waals surface area contributed by atoms with Crippen LogP contribution in [0.3, 0.4) is 0 Å². The summed E-state index contributed by atoms with van der Waals surface area (Å²) in [4.78, 5) is 13.3. The van der Waals surface area contributed by atoms with Crippen LogP contribution in [0.5, 0.6) is 0 Å². The third-order valence-corrected chi connectivity index (χ3v) is 4.46. The van der Waals surface area contributed by atoms with Crippen LogP contribution in [0, 0.1) is 13.8 Å². The van der Waals surface area contributed by atoms with Crippen LogP contribution < -0.4 is 5.32 Å². The Kier molecular flexibility index (Phi) is 4.66. The standard InChI is InChI=1S/C18H17N3O2S/c1-11-7-8-14(9-12(11)2)17-20-21-18(23-17)19-16(22)13-5-4-6-15(10-13)24-3/h4-10H,1-3H3,(H,19,21,22). The van der Waals surface area contributed by atoms with Gasteiger partial charge in [0.05, 0.1) is 0 Å². The summed E-state index contributed by atoms with van der Waals surface area (Å²) in [6, 6.07) is 13.3. The van der Waals surface area contributed by atoms with E-state index in [0.29, 0.717) is 11.5 Å². The maximum atomic E-state index is 12.3. The summed E-state index contributed by atoms with van der Waals surface area (Å²) in [5.74, 6) is 0.104. The van der Waals surface area contributed by atoms with Gasteiger partial charge in [0.2, 0.25) is 5.89 Å². The lowest BCUT2D eigenvalue weighted by Gasteiger charge is -2.03. The van der Waals surface area contributed by atoms with Gasteiger partial charge in [0.1, 0.15) is 0 Å². The second-order valence-corrected chi connectivity index (χ2v) is 6.28. The van der Waals surface area contributed by atoms with Crippen molar-refractivity contribution >= 4 is 23.7 Å². The van der Waals surface area contributed by atoms with Crippen molar-refractivity contribution in [3.63, 3.8) is 0 Å². The van der Waals surface area contributed by atoms with Gasteiger partial charge >= 0.3 is 6.01 Å². The van der Waals surface area contributed by atoms with E-state index < -0.39 is 0 Å². The second-order valence-electron chi connectivity index (χ2n) is 5.40. The van der Waals surface area contributed by atoms with Crippen LogP contribution >= 0.6 is 11.8 Å². The topological polar surface area (TPSA) is 68.0 Å². The number of carbonyl (C=O) groups excluding carboxylic acids is 1. The first-order valence-electron chi connectivity index (χ1n) is 7.43. The fraction of sp³-hybridized carbons (Fsp3) is 0.167. The Bertz CT molecular complexity index is 889. The highest BCUT2D eigenvalue weighted by Gasteiger charge is 2.13. The number of carbonyl (C=O) groups is 1. The van der Waals surface area contributed by atoms with E-state index in [2.05, 4.69) is 15.5 Å². The summed E-state index contributed by atoms with van der Waals surface area (Å²) in [6.45, 7) is 4.07. The number of anilines is 1. The molecule has 0 bridgehead atoms. The number of benzene rings is 2. The molecule has 0 aliphatic rings. The van der Waals surface area contributed by atoms with Crippen LogP contribution in [0.25, 0.3) is 11.5 Å². The highest BCUT2D eigenvalue weighted by Crippen LogP contribution is 2.23. The van der Waals surface area contributed by atoms with Gasteiger partial charge in [-0.15, -0.1) is 16.9 Å². The Morgan fingerprint density at radius 2 is 1.92 bits per heavy atom. The highest BCUT2D eigenvalue weighted by atomic mass is 32.2. The molecule has 0 saturated carbocycles. The van der Waals surface area contributed by atoms with E-state index in [1.807, 2.05) is 56.5 Å². The molecule has 1 heterocycles. The second kappa shape index (κ2) is 6.88. The number of nitrogens with one attached hydrogen (secondary N) is 1. The SMILES string of the molecule is CSc1cccc(C(=O)Nc2nnc(-c3ccc(C)c(C)c3)o2)c1. The van der Waals surface area contributed by atoms with Crippen molar-refractivity contribution in [1.82, 2.24) is 10.2 Å². The molecule has 24 heavy (non-hydrogen) atoms. The predicted octanol–water partition coefficient (Wildman–Crippen LogP) is 4.33. The molecule has 122 valence electrons. The summed E-state index contributed by atoms with van der Waals surface area (Å²) in [6.07, 6.45) is 1.96. The third kappa shape index (κ3) is 3.49. The van der Waals surface area contributed by atoms with Crippen LogP contribution in [0.2, 0.25) is 0 Å². The minimum absolute atomic E-state index is 0.0859. The monoisotopic (exact) mass is 339 g/mol. The number of hydrogen-bond donors (Lipinski definition) is 1. The molecule has 6 heteroatoms. The normalized spacial score (nSPS) is 10.6. The van der Waals surface area contributed by atoms with Crippen molar-refractivity contribution in [1.29, 1.82) is 0 Å². The van der Waals surface area contributed by atoms with Gasteiger partial charge in [0.25, 0.3) is 5.91 Å². The number of thioether (sulfide) groups is 1. The zero-order chi connectivity index (χ0) is 17.1. The Morgan fingerprint density at radius 3 is 2.67 bits per heavy atom. The summed E-state index contributed by atoms with van der Waals surface area (Å²) in [5, 5.41) is 10.5. The van der Waals surface area contributed by atoms with Crippen molar-refractivity contribution < 1.29 is 9.21 Å². The molecule has 0 saturated heterocycles. The number of amides is 1. The minimum Gasteiger partial charge on any atom is -0.403 e. The summed E-state index contributed by atoms with van der Waals surface area (Å²) in [7, 11) is 0. The van der Waals surface area contributed by atoms with Crippen LogP contribution in [-0.4, -0.2) is 22.4 Å². The molecule has 0 aliphatic heterocycles. The number of aryl methyl sites for hydroxylation is 2. The van der Waals surface area contributed by atoms with E-state index in [1.54, 1.807) is 17.8 Å². The summed E-state index contributed by atoms with van der Waals surface area (Å²) >= 11 is 1.58. The van der Waals surface area contributed by atoms with E-state index in [9.17, 15) is 4.79 Å². The zero-order valence-electron chi connectivity index (χ0n) is 13.7. The average molecular weight is 339 g/mol. The van der Waals surface area contributed by atoms with E-state index in [0.717, 1.165) is 16.0 Å². The van der Waals surface area contributed by atoms with E-state index in [-0.39, 0.29) is 11.9 Å². The number of aromatic nitrogens is 2. The van der Waals surface area contributed by atoms with Gasteiger partial charge in [-0.2, -0.15) is 0 Å². The van der Waals surface area contributed by atoms with Crippen molar-refractivity contribution in [3.8, 4) is 11.5 Å². The minimum atomic E-state index is -0.277. The maximum absolute atomic E-state index is 12.3. The fourth-order valence-corrected chi connectivity index (χ4v) is 2.66. The van der Waals surface area contributed by atoms with E-state index >= 15 is 0 Å². The molecule has 0 atom stereocenters. The Hall–Kier alpha value is -2.60. The molecular weight excluding hydrogens is 322 g/mol. The lowest BCUT2D eigenvalue weighted by molar-refractivity contribution is 0.102. The Labute approximate surface area is 144 Å². The van der Waals surface area contributed by atoms with Gasteiger partial charge in [-0.3, -0.25) is 10.1 Å². The molecule has 1 aromatic heterocycles. The van der Waals surface area contributed by atoms with E-state index in [1.165, 1.54) is 5.56 Å². The zero-order valence-corrected chi connectivity index (χ0v) is 14.5. The predicted molar refractivity (Wildman–Crippen MR) is 95.4 cm³/mol. The lowest BCUT2D eigenvalue weighted by Crippen LogP contribution is -2.12. The molecule has 5 nitrogen and oxygen atoms in total. The molecule has 1 amide bonds. The average Bonchev–Trinajstić information content (AvgIpc) is 3.06. The van der Waals surface area contributed by atoms with Crippen molar-refractivity contribution in [2.45, 2.75) is 18.7 Å². The smallest absolute Gasteiger partial charge is 0.322 e. The van der Waals surface area contributed by atoms with Gasteiger partial charge in [-0.25, -0.2) is 0 Å². The molecule has 0 spiro atoms. The Balaban J connectivity index is 1.78. The summed E-state index contributed by atoms with van der Waals surface area (Å²) in [5.41, 5.74) is 3.72. The maximum Gasteiger partial charge on any atom is 0.322 e. The van der Waals surface area contributed by atoms with Gasteiger partial charge in [-0.1, -0.05) is 17.2 Å². The molecule has 3 aromatic rings. The molecule has 0 radical (unpaired) electrons. The molecule has 2 aromatic carbocycles. The van der Waals surface area contributed by atoms with Gasteiger partial charge < -0.3 is 4.42 Å². The summed E-state index contributed by atoms with van der Waals surface area (Å²) < 4.78 is 5.55. The third-order valence-electron chi connectivity index (χ3n) is 3.73. The molecule has 0 aliphatic carbocycles. The van der Waals surface area contributed by atoms with E-state index in [4.69, 9.17) is 4.42 Å². The molecule has 3 rings (SSSR count). The van der Waals surface area contributed by atoms with Crippen LogP contribution in [-0.2, 0) is 0 Å². The van der Waals surface area contributed by atoms with Gasteiger partial charge in [0.15, 0.2) is 0 Å². The molecule has 1 N–H and O–H groups in total. The van der Waals surface area contributed by atoms with Crippen molar-refractivity contribution in [2.24, 2.45) is 0 Å². The largest absolute Gasteiger partial charge is 0.403 e. The fourth-order valence-electron chi connectivity index (χ4n) is 2.20.